The first-order valence-corrected chi connectivity index (χ1v) is 6.53. The van der Waals surface area contributed by atoms with E-state index in [1.165, 1.54) is 6.20 Å². The standard InChI is InChI=1S/C12H9Cl3N2O2/c1-2-19-10-6-16-17(12(18)11(10)15)9-4-7(13)3-8(14)5-9/h3-6H,2H2,1H3. The van der Waals surface area contributed by atoms with Crippen LogP contribution in [0.3, 0.4) is 0 Å². The van der Waals surface area contributed by atoms with E-state index >= 15 is 0 Å². The molecule has 4 nitrogen and oxygen atoms in total. The number of benzene rings is 1. The first-order valence-electron chi connectivity index (χ1n) is 5.40. The normalized spacial score (nSPS) is 10.5. The van der Waals surface area contributed by atoms with E-state index in [0.717, 1.165) is 4.68 Å². The number of aromatic nitrogens is 2. The number of hydrogen-bond acceptors (Lipinski definition) is 3. The van der Waals surface area contributed by atoms with Crippen LogP contribution in [0.15, 0.2) is 29.2 Å². The summed E-state index contributed by atoms with van der Waals surface area (Å²) >= 11 is 17.7. The van der Waals surface area contributed by atoms with Crippen molar-refractivity contribution < 1.29 is 4.74 Å². The molecule has 0 aliphatic rings. The summed E-state index contributed by atoms with van der Waals surface area (Å²) in [6.07, 6.45) is 1.38. The van der Waals surface area contributed by atoms with Crippen LogP contribution in [0.25, 0.3) is 5.69 Å². The second kappa shape index (κ2) is 5.82. The predicted octanol–water partition coefficient (Wildman–Crippen LogP) is 3.59. The van der Waals surface area contributed by atoms with Crippen LogP contribution in [0.5, 0.6) is 5.75 Å². The fourth-order valence-electron chi connectivity index (χ4n) is 1.52. The molecule has 0 amide bonds. The Morgan fingerprint density at radius 1 is 1.21 bits per heavy atom. The maximum Gasteiger partial charge on any atom is 0.294 e. The quantitative estimate of drug-likeness (QED) is 0.868. The van der Waals surface area contributed by atoms with Crippen molar-refractivity contribution in [1.82, 2.24) is 9.78 Å². The van der Waals surface area contributed by atoms with E-state index in [1.807, 2.05) is 0 Å². The smallest absolute Gasteiger partial charge is 0.294 e. The monoisotopic (exact) mass is 318 g/mol. The highest BCUT2D eigenvalue weighted by molar-refractivity contribution is 6.35. The summed E-state index contributed by atoms with van der Waals surface area (Å²) in [5.74, 6) is 0.249. The molecular weight excluding hydrogens is 311 g/mol. The van der Waals surface area contributed by atoms with E-state index in [-0.39, 0.29) is 10.8 Å². The maximum atomic E-state index is 12.1. The number of halogens is 3. The summed E-state index contributed by atoms with van der Waals surface area (Å²) in [6.45, 7) is 2.19. The van der Waals surface area contributed by atoms with Gasteiger partial charge in [-0.2, -0.15) is 9.78 Å². The second-order valence-electron chi connectivity index (χ2n) is 3.60. The van der Waals surface area contributed by atoms with Gasteiger partial charge in [0.2, 0.25) is 0 Å². The zero-order valence-electron chi connectivity index (χ0n) is 9.86. The molecule has 2 rings (SSSR count). The number of nitrogens with zero attached hydrogens (tertiary/aromatic N) is 2. The van der Waals surface area contributed by atoms with Gasteiger partial charge in [0.15, 0.2) is 10.8 Å². The van der Waals surface area contributed by atoms with Crippen molar-refractivity contribution in [2.75, 3.05) is 6.61 Å². The molecule has 1 aromatic heterocycles. The average molecular weight is 320 g/mol. The van der Waals surface area contributed by atoms with Gasteiger partial charge in [-0.25, -0.2) is 0 Å². The molecule has 0 fully saturated rings. The number of rotatable bonds is 3. The largest absolute Gasteiger partial charge is 0.490 e. The van der Waals surface area contributed by atoms with E-state index in [9.17, 15) is 4.79 Å². The second-order valence-corrected chi connectivity index (χ2v) is 4.85. The predicted molar refractivity (Wildman–Crippen MR) is 76.0 cm³/mol. The molecular formula is C12H9Cl3N2O2. The highest BCUT2D eigenvalue weighted by atomic mass is 35.5. The van der Waals surface area contributed by atoms with E-state index in [1.54, 1.807) is 25.1 Å². The van der Waals surface area contributed by atoms with Gasteiger partial charge in [0.25, 0.3) is 5.56 Å². The van der Waals surface area contributed by atoms with E-state index < -0.39 is 5.56 Å². The van der Waals surface area contributed by atoms with Gasteiger partial charge in [0, 0.05) is 10.0 Å². The fourth-order valence-corrected chi connectivity index (χ4v) is 2.22. The molecule has 0 saturated carbocycles. The van der Waals surface area contributed by atoms with Crippen LogP contribution in [0.2, 0.25) is 15.1 Å². The summed E-state index contributed by atoms with van der Waals surface area (Å²) in [6, 6.07) is 4.70. The van der Waals surface area contributed by atoms with Crippen molar-refractivity contribution in [1.29, 1.82) is 0 Å². The molecule has 0 aliphatic heterocycles. The molecule has 0 spiro atoms. The average Bonchev–Trinajstić information content (AvgIpc) is 2.34. The lowest BCUT2D eigenvalue weighted by atomic mass is 10.3. The minimum Gasteiger partial charge on any atom is -0.490 e. The molecule has 0 N–H and O–H groups in total. The van der Waals surface area contributed by atoms with Crippen molar-refractivity contribution in [2.24, 2.45) is 0 Å². The first-order chi connectivity index (χ1) is 9.02. The molecule has 100 valence electrons. The molecule has 2 aromatic rings. The molecule has 7 heteroatoms. The Kier molecular flexibility index (Phi) is 4.34. The van der Waals surface area contributed by atoms with Crippen LogP contribution in [-0.2, 0) is 0 Å². The Morgan fingerprint density at radius 2 is 1.84 bits per heavy atom. The maximum absolute atomic E-state index is 12.1. The number of hydrogen-bond donors (Lipinski definition) is 0. The molecule has 19 heavy (non-hydrogen) atoms. The molecule has 0 radical (unpaired) electrons. The summed E-state index contributed by atoms with van der Waals surface area (Å²) < 4.78 is 6.31. The van der Waals surface area contributed by atoms with E-state index in [4.69, 9.17) is 39.5 Å². The van der Waals surface area contributed by atoms with Crippen LogP contribution in [-0.4, -0.2) is 16.4 Å². The van der Waals surface area contributed by atoms with Crippen molar-refractivity contribution in [2.45, 2.75) is 6.92 Å². The van der Waals surface area contributed by atoms with E-state index in [0.29, 0.717) is 22.3 Å². The molecule has 0 bridgehead atoms. The highest BCUT2D eigenvalue weighted by Crippen LogP contribution is 2.23. The van der Waals surface area contributed by atoms with Gasteiger partial charge in [-0.3, -0.25) is 4.79 Å². The Bertz CT molecular complexity index is 650. The highest BCUT2D eigenvalue weighted by Gasteiger charge is 2.12. The third-order valence-corrected chi connectivity index (χ3v) is 3.06. The Hall–Kier alpha value is -1.23. The van der Waals surface area contributed by atoms with Crippen molar-refractivity contribution in [3.8, 4) is 11.4 Å². The summed E-state index contributed by atoms with van der Waals surface area (Å²) in [7, 11) is 0. The topological polar surface area (TPSA) is 44.1 Å². The van der Waals surface area contributed by atoms with Crippen molar-refractivity contribution in [3.05, 3.63) is 49.8 Å². The van der Waals surface area contributed by atoms with Crippen LogP contribution >= 0.6 is 34.8 Å². The first kappa shape index (κ1) is 14.2. The fraction of sp³-hybridized carbons (Fsp3) is 0.167. The summed E-state index contributed by atoms with van der Waals surface area (Å²) in [4.78, 5) is 12.1. The minimum absolute atomic E-state index is 0.0343. The van der Waals surface area contributed by atoms with Crippen LogP contribution < -0.4 is 10.3 Å². The van der Waals surface area contributed by atoms with Gasteiger partial charge in [-0.15, -0.1) is 0 Å². The molecule has 0 aliphatic carbocycles. The van der Waals surface area contributed by atoms with Crippen LogP contribution in [0.1, 0.15) is 6.92 Å². The Labute approximate surface area is 124 Å². The lowest BCUT2D eigenvalue weighted by Gasteiger charge is -2.09. The molecule has 1 aromatic carbocycles. The molecule has 0 unspecified atom stereocenters. The molecule has 0 atom stereocenters. The summed E-state index contributed by atoms with van der Waals surface area (Å²) in [5.41, 5.74) is -0.0570. The van der Waals surface area contributed by atoms with Gasteiger partial charge in [-0.1, -0.05) is 34.8 Å². The third kappa shape index (κ3) is 3.03. The lowest BCUT2D eigenvalue weighted by molar-refractivity contribution is 0.337. The van der Waals surface area contributed by atoms with Crippen molar-refractivity contribution >= 4 is 34.8 Å². The SMILES string of the molecule is CCOc1cnn(-c2cc(Cl)cc(Cl)c2)c(=O)c1Cl. The number of ether oxygens (including phenoxy) is 1. The Balaban J connectivity index is 2.57. The third-order valence-electron chi connectivity index (χ3n) is 2.28. The van der Waals surface area contributed by atoms with Crippen LogP contribution in [0.4, 0.5) is 0 Å². The summed E-state index contributed by atoms with van der Waals surface area (Å²) in [5, 5.41) is 4.76. The van der Waals surface area contributed by atoms with Gasteiger partial charge >= 0.3 is 0 Å². The van der Waals surface area contributed by atoms with E-state index in [2.05, 4.69) is 5.10 Å². The van der Waals surface area contributed by atoms with Gasteiger partial charge in [0.1, 0.15) is 0 Å². The van der Waals surface area contributed by atoms with Crippen molar-refractivity contribution in [3.63, 3.8) is 0 Å². The van der Waals surface area contributed by atoms with Crippen LogP contribution in [0, 0.1) is 0 Å². The van der Waals surface area contributed by atoms with Gasteiger partial charge < -0.3 is 4.74 Å². The van der Waals surface area contributed by atoms with Gasteiger partial charge in [-0.05, 0) is 25.1 Å². The zero-order valence-corrected chi connectivity index (χ0v) is 12.1. The van der Waals surface area contributed by atoms with Gasteiger partial charge in [0.05, 0.1) is 18.5 Å². The molecule has 1 heterocycles. The lowest BCUT2D eigenvalue weighted by Crippen LogP contribution is -2.22. The molecule has 0 saturated heterocycles. The Morgan fingerprint density at radius 3 is 2.42 bits per heavy atom. The minimum atomic E-state index is -0.494. The zero-order chi connectivity index (χ0) is 14.0.